The van der Waals surface area contributed by atoms with E-state index in [0.29, 0.717) is 6.42 Å². The van der Waals surface area contributed by atoms with Crippen molar-refractivity contribution in [3.63, 3.8) is 0 Å². The smallest absolute Gasteiger partial charge is 0.199 e. The van der Waals surface area contributed by atoms with Gasteiger partial charge in [-0.3, -0.25) is 4.79 Å². The Bertz CT molecular complexity index is 487. The number of ether oxygens (including phenoxy) is 2. The molecule has 1 aromatic carbocycles. The summed E-state index contributed by atoms with van der Waals surface area (Å²) in [5.74, 6) is 0.827. The molecule has 0 spiro atoms. The first kappa shape index (κ1) is 12.8. The third-order valence-corrected chi connectivity index (χ3v) is 4.11. The van der Waals surface area contributed by atoms with Crippen LogP contribution < -0.4 is 4.74 Å². The van der Waals surface area contributed by atoms with Crippen LogP contribution >= 0.6 is 11.8 Å². The summed E-state index contributed by atoms with van der Waals surface area (Å²) in [4.78, 5) is 11.2. The zero-order chi connectivity index (χ0) is 13.1. The Labute approximate surface area is 117 Å². The van der Waals surface area contributed by atoms with E-state index in [0.717, 1.165) is 42.8 Å². The molecule has 0 aliphatic carbocycles. The Kier molecular flexibility index (Phi) is 3.89. The van der Waals surface area contributed by atoms with Crippen LogP contribution in [0.3, 0.4) is 0 Å². The Morgan fingerprint density at radius 1 is 1.21 bits per heavy atom. The van der Waals surface area contributed by atoms with E-state index in [-0.39, 0.29) is 11.4 Å². The highest BCUT2D eigenvalue weighted by Gasteiger charge is 2.17. The zero-order valence-electron chi connectivity index (χ0n) is 10.6. The molecular weight excluding hydrogens is 260 g/mol. The lowest BCUT2D eigenvalue weighted by molar-refractivity contribution is -0.109. The van der Waals surface area contributed by atoms with Crippen LogP contribution in [-0.4, -0.2) is 18.0 Å². The molecule has 0 radical (unpaired) electrons. The second kappa shape index (κ2) is 5.80. The molecule has 1 fully saturated rings. The van der Waals surface area contributed by atoms with Gasteiger partial charge in [-0.15, -0.1) is 0 Å². The monoisotopic (exact) mass is 276 g/mol. The van der Waals surface area contributed by atoms with E-state index in [4.69, 9.17) is 9.47 Å². The lowest BCUT2D eigenvalue weighted by atomic mass is 10.1. The molecule has 2 heterocycles. The summed E-state index contributed by atoms with van der Waals surface area (Å²) in [7, 11) is 0. The number of carbonyl (C=O) groups excluding carboxylic acids is 1. The summed E-state index contributed by atoms with van der Waals surface area (Å²) in [6.07, 6.45) is 3.66. The van der Waals surface area contributed by atoms with E-state index >= 15 is 0 Å². The number of rotatable bonds is 3. The standard InChI is InChI=1S/C15H16O3S/c16-14-9-12(10-19-14)11-4-6-13(7-5-11)18-15-3-1-2-8-17-15/h4-7,10,15H,1-3,8-9H2. The third-order valence-electron chi connectivity index (χ3n) is 3.30. The minimum Gasteiger partial charge on any atom is -0.465 e. The van der Waals surface area contributed by atoms with Gasteiger partial charge < -0.3 is 9.47 Å². The molecule has 1 saturated heterocycles. The maximum Gasteiger partial charge on any atom is 0.199 e. The first-order valence-corrected chi connectivity index (χ1v) is 7.46. The number of carbonyl (C=O) groups is 1. The molecule has 19 heavy (non-hydrogen) atoms. The predicted molar refractivity (Wildman–Crippen MR) is 75.9 cm³/mol. The van der Waals surface area contributed by atoms with Crippen molar-refractivity contribution >= 4 is 22.5 Å². The Balaban J connectivity index is 1.63. The minimum absolute atomic E-state index is 0.109. The van der Waals surface area contributed by atoms with Gasteiger partial charge in [0, 0.05) is 12.8 Å². The molecule has 0 amide bonds. The van der Waals surface area contributed by atoms with Crippen molar-refractivity contribution < 1.29 is 14.3 Å². The zero-order valence-corrected chi connectivity index (χ0v) is 11.4. The molecular formula is C15H16O3S. The van der Waals surface area contributed by atoms with Crippen molar-refractivity contribution in [2.45, 2.75) is 32.0 Å². The maximum absolute atomic E-state index is 11.2. The normalized spacial score (nSPS) is 23.3. The van der Waals surface area contributed by atoms with Gasteiger partial charge >= 0.3 is 0 Å². The molecule has 1 atom stereocenters. The van der Waals surface area contributed by atoms with Crippen molar-refractivity contribution in [1.82, 2.24) is 0 Å². The summed E-state index contributed by atoms with van der Waals surface area (Å²) in [6, 6.07) is 7.90. The highest BCUT2D eigenvalue weighted by molar-refractivity contribution is 8.16. The summed E-state index contributed by atoms with van der Waals surface area (Å²) in [5.41, 5.74) is 2.19. The number of thioether (sulfide) groups is 1. The molecule has 2 aliphatic heterocycles. The van der Waals surface area contributed by atoms with Crippen molar-refractivity contribution in [3.05, 3.63) is 35.2 Å². The molecule has 4 heteroatoms. The quantitative estimate of drug-likeness (QED) is 0.845. The Hall–Kier alpha value is -1.26. The van der Waals surface area contributed by atoms with E-state index in [1.165, 1.54) is 11.8 Å². The van der Waals surface area contributed by atoms with Crippen LogP contribution in [0.1, 0.15) is 31.2 Å². The second-order valence-corrected chi connectivity index (χ2v) is 5.67. The van der Waals surface area contributed by atoms with Gasteiger partial charge in [0.05, 0.1) is 6.61 Å². The second-order valence-electron chi connectivity index (χ2n) is 4.75. The topological polar surface area (TPSA) is 35.5 Å². The van der Waals surface area contributed by atoms with Crippen LogP contribution in [0.15, 0.2) is 29.7 Å². The molecule has 2 aliphatic rings. The fraction of sp³-hybridized carbons (Fsp3) is 0.400. The van der Waals surface area contributed by atoms with Crippen LogP contribution in [0.25, 0.3) is 5.57 Å². The van der Waals surface area contributed by atoms with Crippen molar-refractivity contribution in [3.8, 4) is 5.75 Å². The molecule has 100 valence electrons. The highest BCUT2D eigenvalue weighted by Crippen LogP contribution is 2.32. The molecule has 1 aromatic rings. The predicted octanol–water partition coefficient (Wildman–Crippen LogP) is 3.60. The largest absolute Gasteiger partial charge is 0.465 e. The van der Waals surface area contributed by atoms with Gasteiger partial charge in [0.15, 0.2) is 11.4 Å². The first-order valence-electron chi connectivity index (χ1n) is 6.58. The molecule has 3 rings (SSSR count). The van der Waals surface area contributed by atoms with Crippen LogP contribution in [0, 0.1) is 0 Å². The first-order chi connectivity index (χ1) is 9.31. The number of hydrogen-bond acceptors (Lipinski definition) is 4. The fourth-order valence-electron chi connectivity index (χ4n) is 2.25. The molecule has 0 aromatic heterocycles. The van der Waals surface area contributed by atoms with E-state index in [1.807, 2.05) is 29.7 Å². The van der Waals surface area contributed by atoms with Crippen LogP contribution in [0.5, 0.6) is 5.75 Å². The van der Waals surface area contributed by atoms with Gasteiger partial charge in [-0.25, -0.2) is 0 Å². The van der Waals surface area contributed by atoms with Gasteiger partial charge in [-0.2, -0.15) is 0 Å². The van der Waals surface area contributed by atoms with Crippen LogP contribution in [-0.2, 0) is 9.53 Å². The van der Waals surface area contributed by atoms with E-state index < -0.39 is 0 Å². The van der Waals surface area contributed by atoms with Crippen molar-refractivity contribution in [2.24, 2.45) is 0 Å². The Morgan fingerprint density at radius 3 is 2.68 bits per heavy atom. The van der Waals surface area contributed by atoms with Crippen LogP contribution in [0.4, 0.5) is 0 Å². The van der Waals surface area contributed by atoms with Gasteiger partial charge in [-0.05, 0) is 41.5 Å². The average molecular weight is 276 g/mol. The molecule has 0 N–H and O–H groups in total. The molecule has 1 unspecified atom stereocenters. The van der Waals surface area contributed by atoms with Crippen LogP contribution in [0.2, 0.25) is 0 Å². The lowest BCUT2D eigenvalue weighted by Gasteiger charge is -2.23. The van der Waals surface area contributed by atoms with Gasteiger partial charge in [0.2, 0.25) is 0 Å². The highest BCUT2D eigenvalue weighted by atomic mass is 32.2. The number of benzene rings is 1. The lowest BCUT2D eigenvalue weighted by Crippen LogP contribution is -2.24. The van der Waals surface area contributed by atoms with Gasteiger partial charge in [0.25, 0.3) is 0 Å². The van der Waals surface area contributed by atoms with E-state index in [9.17, 15) is 4.79 Å². The number of hydrogen-bond donors (Lipinski definition) is 0. The summed E-state index contributed by atoms with van der Waals surface area (Å²) < 4.78 is 11.3. The van der Waals surface area contributed by atoms with Crippen molar-refractivity contribution in [2.75, 3.05) is 6.61 Å². The van der Waals surface area contributed by atoms with E-state index in [2.05, 4.69) is 0 Å². The average Bonchev–Trinajstić information content (AvgIpc) is 2.87. The summed E-state index contributed by atoms with van der Waals surface area (Å²) >= 11 is 1.28. The maximum atomic E-state index is 11.2. The van der Waals surface area contributed by atoms with Gasteiger partial charge in [0.1, 0.15) is 5.75 Å². The third kappa shape index (κ3) is 3.19. The number of allylic oxidation sites excluding steroid dienone is 1. The molecule has 0 bridgehead atoms. The van der Waals surface area contributed by atoms with Gasteiger partial charge in [-0.1, -0.05) is 23.9 Å². The summed E-state index contributed by atoms with van der Waals surface area (Å²) in [5, 5.41) is 2.15. The minimum atomic E-state index is -0.109. The van der Waals surface area contributed by atoms with Crippen molar-refractivity contribution in [1.29, 1.82) is 0 Å². The molecule has 3 nitrogen and oxygen atoms in total. The Morgan fingerprint density at radius 2 is 2.05 bits per heavy atom. The molecule has 0 saturated carbocycles. The summed E-state index contributed by atoms with van der Waals surface area (Å²) in [6.45, 7) is 0.787. The SMILES string of the molecule is O=C1CC(c2ccc(OC3CCCCO3)cc2)=CS1. The van der Waals surface area contributed by atoms with E-state index in [1.54, 1.807) is 0 Å². The fourth-order valence-corrected chi connectivity index (χ4v) is 2.98.